The SMILES string of the molecule is COc1ncnc(N(CCCO)C(C)C)c1[N+](=O)[O-]. The number of nitrogens with zero attached hydrogens (tertiary/aromatic N) is 4. The number of anilines is 1. The summed E-state index contributed by atoms with van der Waals surface area (Å²) in [5.74, 6) is 0.143. The first-order valence-corrected chi connectivity index (χ1v) is 5.93. The summed E-state index contributed by atoms with van der Waals surface area (Å²) < 4.78 is 4.91. The Morgan fingerprint density at radius 3 is 2.68 bits per heavy atom. The third-order valence-corrected chi connectivity index (χ3v) is 2.60. The Labute approximate surface area is 111 Å². The number of hydrogen-bond acceptors (Lipinski definition) is 7. The fourth-order valence-electron chi connectivity index (χ4n) is 1.72. The van der Waals surface area contributed by atoms with Gasteiger partial charge in [0.1, 0.15) is 6.33 Å². The van der Waals surface area contributed by atoms with Crippen LogP contribution in [0, 0.1) is 10.1 Å². The molecule has 0 aliphatic rings. The van der Waals surface area contributed by atoms with Gasteiger partial charge in [0.05, 0.1) is 12.0 Å². The lowest BCUT2D eigenvalue weighted by atomic mass is 10.2. The van der Waals surface area contributed by atoms with Gasteiger partial charge in [-0.3, -0.25) is 10.1 Å². The molecule has 19 heavy (non-hydrogen) atoms. The van der Waals surface area contributed by atoms with Gasteiger partial charge < -0.3 is 14.7 Å². The zero-order chi connectivity index (χ0) is 14.4. The highest BCUT2D eigenvalue weighted by atomic mass is 16.6. The van der Waals surface area contributed by atoms with E-state index in [1.54, 1.807) is 4.90 Å². The minimum absolute atomic E-state index is 0.00450. The predicted molar refractivity (Wildman–Crippen MR) is 69.4 cm³/mol. The molecule has 0 unspecified atom stereocenters. The maximum atomic E-state index is 11.2. The van der Waals surface area contributed by atoms with Crippen LogP contribution in [0.4, 0.5) is 11.5 Å². The summed E-state index contributed by atoms with van der Waals surface area (Å²) in [6.45, 7) is 4.28. The summed E-state index contributed by atoms with van der Waals surface area (Å²) in [5.41, 5.74) is -0.253. The van der Waals surface area contributed by atoms with E-state index in [4.69, 9.17) is 9.84 Å². The van der Waals surface area contributed by atoms with Crippen molar-refractivity contribution in [2.45, 2.75) is 26.3 Å². The molecule has 1 aromatic heterocycles. The molecule has 0 bridgehead atoms. The van der Waals surface area contributed by atoms with Crippen molar-refractivity contribution in [2.75, 3.05) is 25.2 Å². The predicted octanol–water partition coefficient (Wildman–Crippen LogP) is 0.991. The van der Waals surface area contributed by atoms with Crippen molar-refractivity contribution < 1.29 is 14.8 Å². The zero-order valence-corrected chi connectivity index (χ0v) is 11.2. The summed E-state index contributed by atoms with van der Waals surface area (Å²) in [4.78, 5) is 20.1. The number of aromatic nitrogens is 2. The second-order valence-electron chi connectivity index (χ2n) is 4.18. The van der Waals surface area contributed by atoms with Crippen molar-refractivity contribution >= 4 is 11.5 Å². The van der Waals surface area contributed by atoms with Gasteiger partial charge in [0.2, 0.25) is 5.82 Å². The van der Waals surface area contributed by atoms with Crippen LogP contribution in [0.2, 0.25) is 0 Å². The summed E-state index contributed by atoms with van der Waals surface area (Å²) in [6.07, 6.45) is 1.73. The molecular formula is C11H18N4O4. The fourth-order valence-corrected chi connectivity index (χ4v) is 1.72. The van der Waals surface area contributed by atoms with Gasteiger partial charge in [-0.1, -0.05) is 0 Å². The van der Waals surface area contributed by atoms with Gasteiger partial charge in [0, 0.05) is 19.2 Å². The van der Waals surface area contributed by atoms with Crippen LogP contribution in [0.15, 0.2) is 6.33 Å². The lowest BCUT2D eigenvalue weighted by Gasteiger charge is -2.27. The molecule has 1 rings (SSSR count). The quantitative estimate of drug-likeness (QED) is 0.582. The molecule has 0 aliphatic heterocycles. The average molecular weight is 270 g/mol. The van der Waals surface area contributed by atoms with Crippen LogP contribution in [0.1, 0.15) is 20.3 Å². The lowest BCUT2D eigenvalue weighted by molar-refractivity contribution is -0.385. The number of aliphatic hydroxyl groups excluding tert-OH is 1. The van der Waals surface area contributed by atoms with Crippen molar-refractivity contribution in [3.8, 4) is 5.88 Å². The zero-order valence-electron chi connectivity index (χ0n) is 11.2. The highest BCUT2D eigenvalue weighted by molar-refractivity contribution is 5.63. The largest absolute Gasteiger partial charge is 0.476 e. The van der Waals surface area contributed by atoms with Gasteiger partial charge in [0.25, 0.3) is 5.88 Å². The Kier molecular flexibility index (Phi) is 5.43. The van der Waals surface area contributed by atoms with Crippen molar-refractivity contribution in [1.29, 1.82) is 0 Å². The Hall–Kier alpha value is -1.96. The third-order valence-electron chi connectivity index (χ3n) is 2.60. The topological polar surface area (TPSA) is 102 Å². The molecule has 0 saturated heterocycles. The normalized spacial score (nSPS) is 10.6. The summed E-state index contributed by atoms with van der Waals surface area (Å²) in [5, 5.41) is 20.1. The maximum Gasteiger partial charge on any atom is 0.372 e. The average Bonchev–Trinajstić information content (AvgIpc) is 2.38. The smallest absolute Gasteiger partial charge is 0.372 e. The second kappa shape index (κ2) is 6.83. The summed E-state index contributed by atoms with van der Waals surface area (Å²) >= 11 is 0. The van der Waals surface area contributed by atoms with E-state index in [2.05, 4.69) is 9.97 Å². The van der Waals surface area contributed by atoms with E-state index in [9.17, 15) is 10.1 Å². The van der Waals surface area contributed by atoms with Gasteiger partial charge in [-0.25, -0.2) is 4.98 Å². The third kappa shape index (κ3) is 3.50. The van der Waals surface area contributed by atoms with E-state index in [0.29, 0.717) is 13.0 Å². The molecule has 0 radical (unpaired) electrons. The number of aliphatic hydroxyl groups is 1. The van der Waals surface area contributed by atoms with E-state index in [1.165, 1.54) is 13.4 Å². The molecular weight excluding hydrogens is 252 g/mol. The van der Waals surface area contributed by atoms with Crippen LogP contribution in [0.25, 0.3) is 0 Å². The Bertz CT molecular complexity index is 439. The highest BCUT2D eigenvalue weighted by Crippen LogP contribution is 2.33. The second-order valence-corrected chi connectivity index (χ2v) is 4.18. The van der Waals surface area contributed by atoms with E-state index in [1.807, 2.05) is 13.8 Å². The van der Waals surface area contributed by atoms with E-state index < -0.39 is 4.92 Å². The first-order chi connectivity index (χ1) is 9.02. The minimum Gasteiger partial charge on any atom is -0.476 e. The van der Waals surface area contributed by atoms with Gasteiger partial charge in [-0.15, -0.1) is 0 Å². The molecule has 106 valence electrons. The molecule has 0 fully saturated rings. The Balaban J connectivity index is 3.25. The van der Waals surface area contributed by atoms with Crippen LogP contribution in [-0.2, 0) is 0 Å². The minimum atomic E-state index is -0.553. The molecule has 0 saturated carbocycles. The monoisotopic (exact) mass is 270 g/mol. The summed E-state index contributed by atoms with van der Waals surface area (Å²) in [6, 6.07) is 0.00450. The number of rotatable bonds is 7. The molecule has 8 nitrogen and oxygen atoms in total. The number of methoxy groups -OCH3 is 1. The molecule has 0 aromatic carbocycles. The van der Waals surface area contributed by atoms with Crippen LogP contribution in [0.3, 0.4) is 0 Å². The lowest BCUT2D eigenvalue weighted by Crippen LogP contribution is -2.33. The van der Waals surface area contributed by atoms with Gasteiger partial charge in [-0.05, 0) is 20.3 Å². The Morgan fingerprint density at radius 2 is 2.21 bits per heavy atom. The molecule has 1 N–H and O–H groups in total. The van der Waals surface area contributed by atoms with Crippen LogP contribution in [-0.4, -0.2) is 46.3 Å². The van der Waals surface area contributed by atoms with Gasteiger partial charge >= 0.3 is 5.69 Å². The molecule has 8 heteroatoms. The number of ether oxygens (including phenoxy) is 1. The number of hydrogen-bond donors (Lipinski definition) is 1. The molecule has 0 aliphatic carbocycles. The standard InChI is InChI=1S/C11H18N4O4/c1-8(2)14(5-4-6-16)10-9(15(17)18)11(19-3)13-7-12-10/h7-8,16H,4-6H2,1-3H3. The van der Waals surface area contributed by atoms with E-state index in [0.717, 1.165) is 0 Å². The van der Waals surface area contributed by atoms with Gasteiger partial charge in [-0.2, -0.15) is 4.98 Å². The molecule has 1 heterocycles. The van der Waals surface area contributed by atoms with Crippen molar-refractivity contribution in [3.63, 3.8) is 0 Å². The van der Waals surface area contributed by atoms with Crippen molar-refractivity contribution in [3.05, 3.63) is 16.4 Å². The van der Waals surface area contributed by atoms with Gasteiger partial charge in [0.15, 0.2) is 0 Å². The van der Waals surface area contributed by atoms with Crippen LogP contribution in [0.5, 0.6) is 5.88 Å². The van der Waals surface area contributed by atoms with Crippen LogP contribution >= 0.6 is 0 Å². The molecule has 1 aromatic rings. The van der Waals surface area contributed by atoms with Crippen molar-refractivity contribution in [2.24, 2.45) is 0 Å². The highest BCUT2D eigenvalue weighted by Gasteiger charge is 2.28. The van der Waals surface area contributed by atoms with Crippen molar-refractivity contribution in [1.82, 2.24) is 9.97 Å². The molecule has 0 atom stereocenters. The molecule has 0 amide bonds. The Morgan fingerprint density at radius 1 is 1.53 bits per heavy atom. The number of nitro groups is 1. The van der Waals surface area contributed by atoms with Crippen LogP contribution < -0.4 is 9.64 Å². The molecule has 0 spiro atoms. The first kappa shape index (κ1) is 15.1. The van der Waals surface area contributed by atoms with E-state index in [-0.39, 0.29) is 30.0 Å². The summed E-state index contributed by atoms with van der Waals surface area (Å²) in [7, 11) is 1.33. The fraction of sp³-hybridized carbons (Fsp3) is 0.636. The van der Waals surface area contributed by atoms with E-state index >= 15 is 0 Å². The first-order valence-electron chi connectivity index (χ1n) is 5.93. The maximum absolute atomic E-state index is 11.2.